The number of hydrogen-bond acceptors (Lipinski definition) is 3. The van der Waals surface area contributed by atoms with E-state index < -0.39 is 0 Å². The number of halogens is 1. The Kier molecular flexibility index (Phi) is 7.93. The fourth-order valence-corrected chi connectivity index (χ4v) is 3.53. The van der Waals surface area contributed by atoms with Gasteiger partial charge >= 0.3 is 6.03 Å². The van der Waals surface area contributed by atoms with Crippen LogP contribution in [0.4, 0.5) is 16.2 Å². The second-order valence-corrected chi connectivity index (χ2v) is 7.93. The van der Waals surface area contributed by atoms with E-state index in [1.807, 2.05) is 29.2 Å². The summed E-state index contributed by atoms with van der Waals surface area (Å²) < 4.78 is 6.51. The van der Waals surface area contributed by atoms with Gasteiger partial charge in [0.1, 0.15) is 5.75 Å². The molecule has 0 spiro atoms. The summed E-state index contributed by atoms with van der Waals surface area (Å²) in [5.41, 5.74) is 1.40. The van der Waals surface area contributed by atoms with Gasteiger partial charge in [-0.2, -0.15) is 0 Å². The molecule has 3 amide bonds. The van der Waals surface area contributed by atoms with E-state index in [9.17, 15) is 9.59 Å². The molecule has 2 N–H and O–H groups in total. The van der Waals surface area contributed by atoms with Crippen LogP contribution in [-0.4, -0.2) is 36.5 Å². The molecule has 6 nitrogen and oxygen atoms in total. The molecule has 2 aromatic rings. The Morgan fingerprint density at radius 2 is 1.59 bits per heavy atom. The second-order valence-electron chi connectivity index (χ2n) is 7.01. The summed E-state index contributed by atoms with van der Waals surface area (Å²) in [6.07, 6.45) is 4.74. The highest BCUT2D eigenvalue weighted by Gasteiger charge is 2.15. The number of urea groups is 1. The van der Waals surface area contributed by atoms with Gasteiger partial charge in [0.2, 0.25) is 5.91 Å². The molecule has 1 aliphatic rings. The number of likely N-dealkylation sites (tertiary alicyclic amines) is 1. The largest absolute Gasteiger partial charge is 0.493 e. The van der Waals surface area contributed by atoms with Crippen molar-refractivity contribution in [2.75, 3.05) is 30.3 Å². The van der Waals surface area contributed by atoms with Gasteiger partial charge in [-0.3, -0.25) is 4.79 Å². The van der Waals surface area contributed by atoms with Crippen LogP contribution < -0.4 is 15.4 Å². The monoisotopic (exact) mass is 459 g/mol. The maximum absolute atomic E-state index is 12.4. The summed E-state index contributed by atoms with van der Waals surface area (Å²) in [4.78, 5) is 26.3. The van der Waals surface area contributed by atoms with Gasteiger partial charge in [0.15, 0.2) is 0 Å². The number of hydrogen-bond donors (Lipinski definition) is 2. The molecule has 7 heteroatoms. The lowest BCUT2D eigenvalue weighted by atomic mass is 10.2. The molecule has 0 saturated carbocycles. The number of carbonyl (C=O) groups excluding carboxylic acids is 2. The van der Waals surface area contributed by atoms with Crippen molar-refractivity contribution in [3.05, 3.63) is 53.0 Å². The highest BCUT2D eigenvalue weighted by atomic mass is 79.9. The van der Waals surface area contributed by atoms with Crippen LogP contribution in [0.25, 0.3) is 0 Å². The summed E-state index contributed by atoms with van der Waals surface area (Å²) in [6.45, 7) is 1.91. The number of ether oxygens (including phenoxy) is 1. The third-order valence-electron chi connectivity index (χ3n) is 4.71. The van der Waals surface area contributed by atoms with E-state index in [0.29, 0.717) is 12.3 Å². The lowest BCUT2D eigenvalue weighted by Gasteiger charge is -2.20. The number of nitrogens with one attached hydrogen (secondary N) is 2. The molecule has 154 valence electrons. The smallest absolute Gasteiger partial charge is 0.321 e. The first-order valence-electron chi connectivity index (χ1n) is 9.94. The zero-order chi connectivity index (χ0) is 20.5. The first-order valence-corrected chi connectivity index (χ1v) is 10.7. The molecule has 29 heavy (non-hydrogen) atoms. The average molecular weight is 460 g/mol. The van der Waals surface area contributed by atoms with Gasteiger partial charge in [-0.15, -0.1) is 0 Å². The predicted octanol–water partition coefficient (Wildman–Crippen LogP) is 5.26. The van der Waals surface area contributed by atoms with Crippen LogP contribution in [0.2, 0.25) is 0 Å². The maximum atomic E-state index is 12.4. The molecule has 0 radical (unpaired) electrons. The molecular weight excluding hydrogens is 434 g/mol. The Morgan fingerprint density at radius 3 is 2.24 bits per heavy atom. The van der Waals surface area contributed by atoms with Crippen molar-refractivity contribution in [3.8, 4) is 5.75 Å². The Balaban J connectivity index is 1.42. The number of anilines is 2. The summed E-state index contributed by atoms with van der Waals surface area (Å²) in [5, 5.41) is 5.77. The van der Waals surface area contributed by atoms with Crippen LogP contribution in [-0.2, 0) is 4.79 Å². The van der Waals surface area contributed by atoms with Crippen molar-refractivity contribution in [3.63, 3.8) is 0 Å². The second kappa shape index (κ2) is 10.9. The van der Waals surface area contributed by atoms with Crippen molar-refractivity contribution in [1.29, 1.82) is 0 Å². The van der Waals surface area contributed by atoms with Gasteiger partial charge in [-0.1, -0.05) is 34.8 Å². The van der Waals surface area contributed by atoms with Crippen LogP contribution in [0.15, 0.2) is 53.0 Å². The van der Waals surface area contributed by atoms with Crippen LogP contribution in [0, 0.1) is 0 Å². The van der Waals surface area contributed by atoms with E-state index in [2.05, 4.69) is 26.6 Å². The SMILES string of the molecule is O=C(CCOc1cccc(Br)c1)Nc1ccc(NC(=O)N2CCCCCC2)cc1. The van der Waals surface area contributed by atoms with Gasteiger partial charge in [0.25, 0.3) is 0 Å². The van der Waals surface area contributed by atoms with Crippen LogP contribution in [0.3, 0.4) is 0 Å². The van der Waals surface area contributed by atoms with E-state index in [4.69, 9.17) is 4.74 Å². The summed E-state index contributed by atoms with van der Waals surface area (Å²) in [6, 6.07) is 14.6. The van der Waals surface area contributed by atoms with Crippen molar-refractivity contribution in [2.24, 2.45) is 0 Å². The van der Waals surface area contributed by atoms with E-state index in [-0.39, 0.29) is 18.4 Å². The fourth-order valence-electron chi connectivity index (χ4n) is 3.16. The van der Waals surface area contributed by atoms with Gasteiger partial charge in [0, 0.05) is 28.9 Å². The minimum absolute atomic E-state index is 0.0617. The minimum atomic E-state index is -0.124. The molecule has 1 aliphatic heterocycles. The van der Waals surface area contributed by atoms with Crippen LogP contribution in [0.5, 0.6) is 5.75 Å². The molecule has 0 aliphatic carbocycles. The van der Waals surface area contributed by atoms with Gasteiger partial charge in [0.05, 0.1) is 13.0 Å². The summed E-state index contributed by atoms with van der Waals surface area (Å²) in [7, 11) is 0. The molecule has 0 bridgehead atoms. The molecular formula is C22H26BrN3O3. The molecule has 2 aromatic carbocycles. The third kappa shape index (κ3) is 7.09. The fraction of sp³-hybridized carbons (Fsp3) is 0.364. The highest BCUT2D eigenvalue weighted by molar-refractivity contribution is 9.10. The summed E-state index contributed by atoms with van der Waals surface area (Å²) >= 11 is 3.39. The van der Waals surface area contributed by atoms with Crippen LogP contribution in [0.1, 0.15) is 32.1 Å². The zero-order valence-electron chi connectivity index (χ0n) is 16.3. The highest BCUT2D eigenvalue weighted by Crippen LogP contribution is 2.18. The Morgan fingerprint density at radius 1 is 0.931 bits per heavy atom. The van der Waals surface area contributed by atoms with Crippen molar-refractivity contribution >= 4 is 39.2 Å². The number of rotatable bonds is 6. The van der Waals surface area contributed by atoms with E-state index in [0.717, 1.165) is 41.8 Å². The number of nitrogens with zero attached hydrogens (tertiary/aromatic N) is 1. The lowest BCUT2D eigenvalue weighted by molar-refractivity contribution is -0.116. The lowest BCUT2D eigenvalue weighted by Crippen LogP contribution is -2.35. The van der Waals surface area contributed by atoms with E-state index in [1.54, 1.807) is 24.3 Å². The molecule has 1 saturated heterocycles. The van der Waals surface area contributed by atoms with Gasteiger partial charge < -0.3 is 20.3 Å². The Hall–Kier alpha value is -2.54. The third-order valence-corrected chi connectivity index (χ3v) is 5.20. The molecule has 1 fully saturated rings. The standard InChI is InChI=1S/C22H26BrN3O3/c23-17-6-5-7-20(16-17)29-15-12-21(27)24-18-8-10-19(11-9-18)25-22(28)26-13-3-1-2-4-14-26/h5-11,16H,1-4,12-15H2,(H,24,27)(H,25,28). The zero-order valence-corrected chi connectivity index (χ0v) is 17.9. The maximum Gasteiger partial charge on any atom is 0.321 e. The average Bonchev–Trinajstić information content (AvgIpc) is 2.99. The van der Waals surface area contributed by atoms with Gasteiger partial charge in [-0.05, 0) is 55.3 Å². The Labute approximate surface area is 179 Å². The number of benzene rings is 2. The normalized spacial score (nSPS) is 14.0. The number of amides is 3. The predicted molar refractivity (Wildman–Crippen MR) is 118 cm³/mol. The molecule has 0 aromatic heterocycles. The van der Waals surface area contributed by atoms with Crippen molar-refractivity contribution < 1.29 is 14.3 Å². The van der Waals surface area contributed by atoms with Crippen molar-refractivity contribution in [2.45, 2.75) is 32.1 Å². The van der Waals surface area contributed by atoms with E-state index in [1.165, 1.54) is 12.8 Å². The number of carbonyl (C=O) groups is 2. The van der Waals surface area contributed by atoms with Crippen LogP contribution >= 0.6 is 15.9 Å². The first kappa shape index (κ1) is 21.2. The van der Waals surface area contributed by atoms with E-state index >= 15 is 0 Å². The molecule has 0 atom stereocenters. The molecule has 1 heterocycles. The van der Waals surface area contributed by atoms with Crippen molar-refractivity contribution in [1.82, 2.24) is 4.90 Å². The Bertz CT molecular complexity index is 818. The first-order chi connectivity index (χ1) is 14.1. The summed E-state index contributed by atoms with van der Waals surface area (Å²) in [5.74, 6) is 0.595. The molecule has 3 rings (SSSR count). The molecule has 0 unspecified atom stereocenters. The quantitative estimate of drug-likeness (QED) is 0.618. The topological polar surface area (TPSA) is 70.7 Å². The minimum Gasteiger partial charge on any atom is -0.493 e. The van der Waals surface area contributed by atoms with Gasteiger partial charge in [-0.25, -0.2) is 4.79 Å².